The molecular formula is C16H16N2O6. The van der Waals surface area contributed by atoms with Crippen molar-refractivity contribution in [1.29, 1.82) is 0 Å². The van der Waals surface area contributed by atoms with Crippen LogP contribution >= 0.6 is 0 Å². The molecule has 24 heavy (non-hydrogen) atoms. The molecule has 1 aliphatic heterocycles. The first-order valence-electron chi connectivity index (χ1n) is 7.83. The summed E-state index contributed by atoms with van der Waals surface area (Å²) in [4.78, 5) is 35.0. The first kappa shape index (κ1) is 14.9. The fraction of sp³-hybridized carbons (Fsp3) is 0.500. The maximum Gasteiger partial charge on any atom is 0.310 e. The van der Waals surface area contributed by atoms with Gasteiger partial charge in [0, 0.05) is 12.0 Å². The van der Waals surface area contributed by atoms with Gasteiger partial charge in [0.05, 0.1) is 35.6 Å². The number of nitrogens with one attached hydrogen (secondary N) is 1. The first-order chi connectivity index (χ1) is 11.5. The second kappa shape index (κ2) is 5.19. The van der Waals surface area contributed by atoms with E-state index in [0.717, 1.165) is 12.8 Å². The summed E-state index contributed by atoms with van der Waals surface area (Å²) in [7, 11) is 1.38. The number of hydrogen-bond acceptors (Lipinski definition) is 6. The Morgan fingerprint density at radius 3 is 2.92 bits per heavy atom. The Labute approximate surface area is 137 Å². The number of fused-ring (bicyclic) bond motifs is 1. The van der Waals surface area contributed by atoms with Crippen molar-refractivity contribution in [3.8, 4) is 5.75 Å². The molecule has 2 saturated carbocycles. The highest BCUT2D eigenvalue weighted by atomic mass is 16.6. The average molecular weight is 332 g/mol. The molecule has 5 atom stereocenters. The van der Waals surface area contributed by atoms with E-state index in [2.05, 4.69) is 5.32 Å². The molecule has 1 aromatic rings. The van der Waals surface area contributed by atoms with Gasteiger partial charge in [-0.05, 0) is 24.8 Å². The number of nitrogens with zero attached hydrogens (tertiary/aromatic N) is 1. The number of benzene rings is 1. The zero-order valence-electron chi connectivity index (χ0n) is 12.9. The number of hydrogen-bond donors (Lipinski definition) is 1. The monoisotopic (exact) mass is 332 g/mol. The molecule has 1 aromatic carbocycles. The summed E-state index contributed by atoms with van der Waals surface area (Å²) in [6, 6.07) is 4.01. The van der Waals surface area contributed by atoms with E-state index in [9.17, 15) is 19.7 Å². The second-order valence-electron chi connectivity index (χ2n) is 6.55. The molecule has 126 valence electrons. The van der Waals surface area contributed by atoms with Gasteiger partial charge in [0.2, 0.25) is 5.91 Å². The molecule has 2 bridgehead atoms. The summed E-state index contributed by atoms with van der Waals surface area (Å²) in [5, 5.41) is 13.6. The summed E-state index contributed by atoms with van der Waals surface area (Å²) < 4.78 is 10.5. The zero-order chi connectivity index (χ0) is 17.0. The fourth-order valence-electron chi connectivity index (χ4n) is 4.48. The minimum Gasteiger partial charge on any atom is -0.494 e. The molecule has 1 heterocycles. The maximum absolute atomic E-state index is 12.7. The molecule has 3 aliphatic rings. The minimum atomic E-state index is -0.529. The van der Waals surface area contributed by atoms with Gasteiger partial charge in [-0.25, -0.2) is 0 Å². The molecule has 8 nitrogen and oxygen atoms in total. The Morgan fingerprint density at radius 2 is 2.21 bits per heavy atom. The highest BCUT2D eigenvalue weighted by Crippen LogP contribution is 2.57. The molecular weight excluding hydrogens is 316 g/mol. The molecule has 1 amide bonds. The third kappa shape index (κ3) is 2.05. The number of esters is 1. The zero-order valence-corrected chi connectivity index (χ0v) is 12.9. The Morgan fingerprint density at radius 1 is 1.42 bits per heavy atom. The largest absolute Gasteiger partial charge is 0.494 e. The summed E-state index contributed by atoms with van der Waals surface area (Å²) in [6.45, 7) is 0. The van der Waals surface area contributed by atoms with Gasteiger partial charge >= 0.3 is 5.97 Å². The van der Waals surface area contributed by atoms with Crippen LogP contribution in [0.5, 0.6) is 5.75 Å². The number of amides is 1. The summed E-state index contributed by atoms with van der Waals surface area (Å²) >= 11 is 0. The summed E-state index contributed by atoms with van der Waals surface area (Å²) in [5.74, 6) is -0.776. The van der Waals surface area contributed by atoms with Gasteiger partial charge in [0.1, 0.15) is 11.9 Å². The quantitative estimate of drug-likeness (QED) is 0.511. The van der Waals surface area contributed by atoms with Crippen molar-refractivity contribution < 1.29 is 24.0 Å². The lowest BCUT2D eigenvalue weighted by molar-refractivity contribution is -0.384. The lowest BCUT2D eigenvalue weighted by Crippen LogP contribution is -2.35. The van der Waals surface area contributed by atoms with Gasteiger partial charge in [0.15, 0.2) is 0 Å². The van der Waals surface area contributed by atoms with Crippen molar-refractivity contribution in [3.63, 3.8) is 0 Å². The lowest BCUT2D eigenvalue weighted by atomic mass is 9.79. The summed E-state index contributed by atoms with van der Waals surface area (Å²) in [5.41, 5.74) is 0.241. The number of rotatable bonds is 4. The van der Waals surface area contributed by atoms with Crippen molar-refractivity contribution in [2.24, 2.45) is 23.7 Å². The van der Waals surface area contributed by atoms with Gasteiger partial charge in [-0.2, -0.15) is 0 Å². The van der Waals surface area contributed by atoms with Crippen molar-refractivity contribution in [1.82, 2.24) is 0 Å². The van der Waals surface area contributed by atoms with Crippen LogP contribution < -0.4 is 10.1 Å². The van der Waals surface area contributed by atoms with Crippen LogP contribution in [0.25, 0.3) is 0 Å². The van der Waals surface area contributed by atoms with Gasteiger partial charge < -0.3 is 14.8 Å². The number of methoxy groups -OCH3 is 1. The molecule has 0 unspecified atom stereocenters. The molecule has 0 spiro atoms. The first-order valence-corrected chi connectivity index (χ1v) is 7.83. The molecule has 0 radical (unpaired) electrons. The van der Waals surface area contributed by atoms with E-state index in [1.807, 2.05) is 0 Å². The predicted octanol–water partition coefficient (Wildman–Crippen LogP) is 1.74. The number of carbonyl (C=O) groups excluding carboxylic acids is 2. The average Bonchev–Trinajstić information content (AvgIpc) is 3.16. The van der Waals surface area contributed by atoms with Crippen molar-refractivity contribution in [3.05, 3.63) is 28.3 Å². The third-order valence-electron chi connectivity index (χ3n) is 5.44. The third-order valence-corrected chi connectivity index (χ3v) is 5.44. The highest BCUT2D eigenvalue weighted by molar-refractivity contribution is 5.98. The number of nitro groups is 1. The van der Waals surface area contributed by atoms with E-state index < -0.39 is 10.8 Å². The predicted molar refractivity (Wildman–Crippen MR) is 81.4 cm³/mol. The molecule has 1 N–H and O–H groups in total. The van der Waals surface area contributed by atoms with Crippen LogP contribution in [0, 0.1) is 33.8 Å². The Bertz CT molecular complexity index is 746. The van der Waals surface area contributed by atoms with Crippen LogP contribution in [0.4, 0.5) is 11.4 Å². The molecule has 1 saturated heterocycles. The van der Waals surface area contributed by atoms with Crippen molar-refractivity contribution in [2.45, 2.75) is 18.9 Å². The van der Waals surface area contributed by atoms with Crippen LogP contribution in [0.1, 0.15) is 12.8 Å². The topological polar surface area (TPSA) is 108 Å². The number of ether oxygens (including phenoxy) is 2. The van der Waals surface area contributed by atoms with Crippen LogP contribution in [0.3, 0.4) is 0 Å². The van der Waals surface area contributed by atoms with Crippen LogP contribution in [0.2, 0.25) is 0 Å². The number of non-ortho nitro benzene ring substituents is 1. The summed E-state index contributed by atoms with van der Waals surface area (Å²) in [6.07, 6.45) is 1.56. The number of anilines is 1. The molecule has 2 aliphatic carbocycles. The van der Waals surface area contributed by atoms with E-state index in [1.54, 1.807) is 0 Å². The number of nitro benzene ring substituents is 1. The minimum absolute atomic E-state index is 0.0227. The van der Waals surface area contributed by atoms with E-state index in [4.69, 9.17) is 9.47 Å². The van der Waals surface area contributed by atoms with Gasteiger partial charge in [-0.1, -0.05) is 0 Å². The van der Waals surface area contributed by atoms with E-state index in [0.29, 0.717) is 5.69 Å². The Hall–Kier alpha value is -2.64. The maximum atomic E-state index is 12.7. The van der Waals surface area contributed by atoms with Crippen LogP contribution in [-0.4, -0.2) is 30.0 Å². The van der Waals surface area contributed by atoms with Gasteiger partial charge in [-0.15, -0.1) is 0 Å². The Kier molecular flexibility index (Phi) is 3.22. The molecule has 0 aromatic heterocycles. The highest BCUT2D eigenvalue weighted by Gasteiger charge is 2.63. The number of carbonyl (C=O) groups is 2. The fourth-order valence-corrected chi connectivity index (χ4v) is 4.48. The lowest BCUT2D eigenvalue weighted by Gasteiger charge is -2.23. The molecule has 8 heteroatoms. The molecule has 4 rings (SSSR count). The van der Waals surface area contributed by atoms with E-state index >= 15 is 0 Å². The SMILES string of the molecule is COc1cc([N+](=O)[O-])ccc1NC(=O)[C@H]1[C@H]2C[C@H]3[C@H]1C(=O)O[C@H]3C2. The van der Waals surface area contributed by atoms with E-state index in [-0.39, 0.29) is 47.2 Å². The normalized spacial score (nSPS) is 32.5. The smallest absolute Gasteiger partial charge is 0.310 e. The second-order valence-corrected chi connectivity index (χ2v) is 6.55. The van der Waals surface area contributed by atoms with Crippen LogP contribution in [-0.2, 0) is 14.3 Å². The van der Waals surface area contributed by atoms with Gasteiger partial charge in [0.25, 0.3) is 5.69 Å². The van der Waals surface area contributed by atoms with Crippen molar-refractivity contribution in [2.75, 3.05) is 12.4 Å². The van der Waals surface area contributed by atoms with E-state index in [1.165, 1.54) is 25.3 Å². The van der Waals surface area contributed by atoms with Crippen LogP contribution in [0.15, 0.2) is 18.2 Å². The molecule has 3 fully saturated rings. The Balaban J connectivity index is 1.57. The standard InChI is InChI=1S/C16H16N2O6/c1-23-12-6-8(18(21)22)2-3-10(12)17-15(19)13-7-4-9-11(5-7)24-16(20)14(9)13/h2-3,6-7,9,11,13-14H,4-5H2,1H3,(H,17,19)/t7-,9+,11-,13-,14+/m0/s1. The van der Waals surface area contributed by atoms with Crippen molar-refractivity contribution >= 4 is 23.3 Å². The van der Waals surface area contributed by atoms with Gasteiger partial charge in [-0.3, -0.25) is 19.7 Å².